The molecule has 1 aromatic rings. The molecule has 0 atom stereocenters. The van der Waals surface area contributed by atoms with Gasteiger partial charge in [0.05, 0.1) is 31.4 Å². The molecule has 22 heavy (non-hydrogen) atoms. The lowest BCUT2D eigenvalue weighted by Gasteiger charge is -2.39. The van der Waals surface area contributed by atoms with Crippen molar-refractivity contribution >= 4 is 11.9 Å². The van der Waals surface area contributed by atoms with Gasteiger partial charge in [0.25, 0.3) is 0 Å². The average molecular weight is 303 g/mol. The summed E-state index contributed by atoms with van der Waals surface area (Å²) in [6, 6.07) is 5.72. The second-order valence-corrected chi connectivity index (χ2v) is 5.95. The lowest BCUT2D eigenvalue weighted by molar-refractivity contribution is -0.00438. The third kappa shape index (κ3) is 3.39. The molecule has 1 saturated heterocycles. The molecule has 1 aromatic carbocycles. The van der Waals surface area contributed by atoms with Gasteiger partial charge in [0.2, 0.25) is 0 Å². The molecule has 0 N–H and O–H groups in total. The van der Waals surface area contributed by atoms with Crippen LogP contribution in [0.1, 0.15) is 36.7 Å². The molecule has 1 heterocycles. The van der Waals surface area contributed by atoms with Crippen LogP contribution in [-0.2, 0) is 4.74 Å². The van der Waals surface area contributed by atoms with E-state index in [2.05, 4.69) is 4.90 Å². The smallest absolute Gasteiger partial charge is 0.186 e. The van der Waals surface area contributed by atoms with Gasteiger partial charge in [-0.15, -0.1) is 0 Å². The number of rotatable bonds is 5. The molecule has 1 aliphatic heterocycles. The standard InChI is InChI=1S/C18H25NO3/c1-5-6-14-7-8-16(21-4)15(13-14)17(20)18(2,3)19-9-11-22-12-10-19/h5-8,13H,9-12H2,1-4H3/b6-5+. The van der Waals surface area contributed by atoms with Crippen molar-refractivity contribution in [1.29, 1.82) is 0 Å². The van der Waals surface area contributed by atoms with Crippen molar-refractivity contribution in [2.45, 2.75) is 26.3 Å². The van der Waals surface area contributed by atoms with E-state index in [-0.39, 0.29) is 5.78 Å². The van der Waals surface area contributed by atoms with Gasteiger partial charge >= 0.3 is 0 Å². The van der Waals surface area contributed by atoms with Crippen molar-refractivity contribution in [3.8, 4) is 5.75 Å². The molecule has 0 aromatic heterocycles. The average Bonchev–Trinajstić information content (AvgIpc) is 2.55. The lowest BCUT2D eigenvalue weighted by atomic mass is 9.89. The van der Waals surface area contributed by atoms with Crippen LogP contribution >= 0.6 is 0 Å². The molecule has 4 nitrogen and oxygen atoms in total. The third-order valence-corrected chi connectivity index (χ3v) is 4.18. The zero-order valence-electron chi connectivity index (χ0n) is 13.9. The number of ether oxygens (including phenoxy) is 2. The minimum atomic E-state index is -0.578. The summed E-state index contributed by atoms with van der Waals surface area (Å²) < 4.78 is 10.8. The maximum absolute atomic E-state index is 13.1. The van der Waals surface area contributed by atoms with Gasteiger partial charge in [-0.25, -0.2) is 0 Å². The molecule has 0 bridgehead atoms. The number of carbonyl (C=O) groups excluding carboxylic acids is 1. The first-order valence-corrected chi connectivity index (χ1v) is 7.69. The number of hydrogen-bond acceptors (Lipinski definition) is 4. The summed E-state index contributed by atoms with van der Waals surface area (Å²) in [4.78, 5) is 15.3. The predicted octanol–water partition coefficient (Wildman–Crippen LogP) is 3.02. The molecule has 0 aliphatic carbocycles. The van der Waals surface area contributed by atoms with E-state index in [4.69, 9.17) is 9.47 Å². The molecule has 120 valence electrons. The highest BCUT2D eigenvalue weighted by Crippen LogP contribution is 2.28. The molecule has 1 aliphatic rings. The largest absolute Gasteiger partial charge is 0.496 e. The molecule has 0 spiro atoms. The summed E-state index contributed by atoms with van der Waals surface area (Å²) in [6.45, 7) is 8.80. The Kier molecular flexibility index (Phi) is 5.37. The molecule has 4 heteroatoms. The van der Waals surface area contributed by atoms with Crippen LogP contribution in [0.15, 0.2) is 24.3 Å². The van der Waals surface area contributed by atoms with Gasteiger partial charge in [-0.3, -0.25) is 9.69 Å². The van der Waals surface area contributed by atoms with E-state index in [0.29, 0.717) is 24.5 Å². The van der Waals surface area contributed by atoms with Gasteiger partial charge in [0.1, 0.15) is 5.75 Å². The minimum Gasteiger partial charge on any atom is -0.496 e. The van der Waals surface area contributed by atoms with Gasteiger partial charge in [-0.05, 0) is 38.5 Å². The van der Waals surface area contributed by atoms with Crippen LogP contribution in [-0.4, -0.2) is 49.6 Å². The summed E-state index contributed by atoms with van der Waals surface area (Å²) in [5.74, 6) is 0.706. The second kappa shape index (κ2) is 7.07. The first-order chi connectivity index (χ1) is 10.5. The Balaban J connectivity index is 2.35. The second-order valence-electron chi connectivity index (χ2n) is 5.95. The summed E-state index contributed by atoms with van der Waals surface area (Å²) >= 11 is 0. The minimum absolute atomic E-state index is 0.0811. The fourth-order valence-electron chi connectivity index (χ4n) is 2.79. The lowest BCUT2D eigenvalue weighted by Crippen LogP contribution is -2.54. The highest BCUT2D eigenvalue weighted by molar-refractivity contribution is 6.05. The van der Waals surface area contributed by atoms with E-state index in [0.717, 1.165) is 18.7 Å². The van der Waals surface area contributed by atoms with Crippen LogP contribution in [0.4, 0.5) is 0 Å². The molecule has 0 unspecified atom stereocenters. The van der Waals surface area contributed by atoms with Gasteiger partial charge in [0, 0.05) is 13.1 Å². The number of methoxy groups -OCH3 is 1. The summed E-state index contributed by atoms with van der Waals surface area (Å²) in [5, 5.41) is 0. The number of carbonyl (C=O) groups is 1. The molecular weight excluding hydrogens is 278 g/mol. The van der Waals surface area contributed by atoms with E-state index in [1.807, 2.05) is 51.1 Å². The molecular formula is C18H25NO3. The Hall–Kier alpha value is -1.65. The van der Waals surface area contributed by atoms with E-state index in [1.54, 1.807) is 7.11 Å². The van der Waals surface area contributed by atoms with E-state index in [1.165, 1.54) is 0 Å². The van der Waals surface area contributed by atoms with E-state index >= 15 is 0 Å². The van der Waals surface area contributed by atoms with Crippen molar-refractivity contribution in [2.75, 3.05) is 33.4 Å². The van der Waals surface area contributed by atoms with Gasteiger partial charge in [0.15, 0.2) is 5.78 Å². The quantitative estimate of drug-likeness (QED) is 0.784. The predicted molar refractivity (Wildman–Crippen MR) is 88.5 cm³/mol. The van der Waals surface area contributed by atoms with Gasteiger partial charge in [-0.1, -0.05) is 18.2 Å². The number of allylic oxidation sites excluding steroid dienone is 1. The third-order valence-electron chi connectivity index (χ3n) is 4.18. The number of ketones is 1. The summed E-state index contributed by atoms with van der Waals surface area (Å²) in [6.07, 6.45) is 3.95. The van der Waals surface area contributed by atoms with Gasteiger partial charge < -0.3 is 9.47 Å². The molecule has 2 rings (SSSR count). The Morgan fingerprint density at radius 1 is 1.32 bits per heavy atom. The zero-order chi connectivity index (χ0) is 16.2. The van der Waals surface area contributed by atoms with Crippen LogP contribution in [0.2, 0.25) is 0 Å². The molecule has 1 fully saturated rings. The van der Waals surface area contributed by atoms with Crippen LogP contribution < -0.4 is 4.74 Å². The molecule has 0 radical (unpaired) electrons. The van der Waals surface area contributed by atoms with Crippen LogP contribution in [0.25, 0.3) is 6.08 Å². The highest BCUT2D eigenvalue weighted by atomic mass is 16.5. The van der Waals surface area contributed by atoms with Crippen molar-refractivity contribution in [3.63, 3.8) is 0 Å². The van der Waals surface area contributed by atoms with Crippen LogP contribution in [0, 0.1) is 0 Å². The molecule has 0 amide bonds. The fourth-order valence-corrected chi connectivity index (χ4v) is 2.79. The number of morpholine rings is 1. The maximum Gasteiger partial charge on any atom is 0.186 e. The van der Waals surface area contributed by atoms with Crippen molar-refractivity contribution in [3.05, 3.63) is 35.4 Å². The van der Waals surface area contributed by atoms with E-state index in [9.17, 15) is 4.79 Å². The maximum atomic E-state index is 13.1. The number of hydrogen-bond donors (Lipinski definition) is 0. The Morgan fingerprint density at radius 3 is 2.59 bits per heavy atom. The first kappa shape index (κ1) is 16.7. The van der Waals surface area contributed by atoms with Crippen molar-refractivity contribution in [2.24, 2.45) is 0 Å². The topological polar surface area (TPSA) is 38.8 Å². The SMILES string of the molecule is C/C=C/c1ccc(OC)c(C(=O)C(C)(C)N2CCOCC2)c1. The van der Waals surface area contributed by atoms with Crippen LogP contribution in [0.3, 0.4) is 0 Å². The summed E-state index contributed by atoms with van der Waals surface area (Å²) in [7, 11) is 1.60. The Labute approximate surface area is 132 Å². The van der Waals surface area contributed by atoms with Gasteiger partial charge in [-0.2, -0.15) is 0 Å². The highest BCUT2D eigenvalue weighted by Gasteiger charge is 2.37. The normalized spacial score (nSPS) is 16.9. The van der Waals surface area contributed by atoms with E-state index < -0.39 is 5.54 Å². The number of benzene rings is 1. The summed E-state index contributed by atoms with van der Waals surface area (Å²) in [5.41, 5.74) is 1.06. The monoisotopic (exact) mass is 303 g/mol. The van der Waals surface area contributed by atoms with Crippen molar-refractivity contribution < 1.29 is 14.3 Å². The Morgan fingerprint density at radius 2 is 2.00 bits per heavy atom. The fraction of sp³-hybridized carbons (Fsp3) is 0.500. The number of Topliss-reactive ketones (excluding diaryl/α,β-unsaturated/α-hetero) is 1. The Bertz CT molecular complexity index is 557. The van der Waals surface area contributed by atoms with Crippen LogP contribution in [0.5, 0.6) is 5.75 Å². The zero-order valence-corrected chi connectivity index (χ0v) is 13.9. The first-order valence-electron chi connectivity index (χ1n) is 7.69. The molecule has 0 saturated carbocycles. The van der Waals surface area contributed by atoms with Crippen molar-refractivity contribution in [1.82, 2.24) is 4.90 Å². The number of nitrogens with zero attached hydrogens (tertiary/aromatic N) is 1.